The molecule has 0 unspecified atom stereocenters. The predicted molar refractivity (Wildman–Crippen MR) is 116 cm³/mol. The number of hydrogen-bond donors (Lipinski definition) is 0. The van der Waals surface area contributed by atoms with Crippen LogP contribution in [0.1, 0.15) is 48.1 Å². The molecule has 156 valence electrons. The first-order valence-electron chi connectivity index (χ1n) is 9.72. The summed E-state index contributed by atoms with van der Waals surface area (Å²) in [5.41, 5.74) is 1.63. The number of ether oxygens (including phenoxy) is 1. The number of hydrogen-bond acceptors (Lipinski definition) is 6. The average Bonchev–Trinajstić information content (AvgIpc) is 3.30. The molecule has 4 aromatic rings. The summed E-state index contributed by atoms with van der Waals surface area (Å²) in [7, 11) is 0. The van der Waals surface area contributed by atoms with Crippen molar-refractivity contribution in [2.45, 2.75) is 6.61 Å². The van der Waals surface area contributed by atoms with E-state index in [9.17, 15) is 14.4 Å². The molecule has 0 bridgehead atoms. The van der Waals surface area contributed by atoms with E-state index in [1.807, 2.05) is 0 Å². The van der Waals surface area contributed by atoms with Gasteiger partial charge >= 0.3 is 5.97 Å². The second-order valence-electron chi connectivity index (χ2n) is 7.13. The van der Waals surface area contributed by atoms with Crippen LogP contribution in [0.4, 0.5) is 0 Å². The fraction of sp³-hybridized carbons (Fsp3) is 0.0400. The molecule has 0 spiro atoms. The van der Waals surface area contributed by atoms with Gasteiger partial charge in [-0.05, 0) is 30.3 Å². The van der Waals surface area contributed by atoms with E-state index in [0.29, 0.717) is 16.3 Å². The summed E-state index contributed by atoms with van der Waals surface area (Å²) in [5.74, 6) is -0.731. The molecule has 1 heterocycles. The van der Waals surface area contributed by atoms with E-state index in [1.54, 1.807) is 54.6 Å². The fourth-order valence-corrected chi connectivity index (χ4v) is 3.77. The average molecular weight is 444 g/mol. The van der Waals surface area contributed by atoms with Gasteiger partial charge in [-0.2, -0.15) is 0 Å². The lowest BCUT2D eigenvalue weighted by Crippen LogP contribution is -2.24. The van der Waals surface area contributed by atoms with Crippen molar-refractivity contribution >= 4 is 29.1 Å². The fourth-order valence-electron chi connectivity index (χ4n) is 3.64. The number of nitrogens with zero attached hydrogens (tertiary/aromatic N) is 1. The van der Waals surface area contributed by atoms with E-state index in [4.69, 9.17) is 20.8 Å². The SMILES string of the molecule is O=C(OCc1ncc(-c2ccc(Cl)cc2)o1)c1cccc2c1C(=O)c1ccccc1C2=O. The Morgan fingerprint density at radius 3 is 2.31 bits per heavy atom. The number of carbonyl (C=O) groups is 3. The first-order valence-corrected chi connectivity index (χ1v) is 10.1. The van der Waals surface area contributed by atoms with Crippen molar-refractivity contribution in [3.63, 3.8) is 0 Å². The number of carbonyl (C=O) groups excluding carboxylic acids is 3. The van der Waals surface area contributed by atoms with Crippen LogP contribution in [0.5, 0.6) is 0 Å². The van der Waals surface area contributed by atoms with Crippen LogP contribution in [-0.2, 0) is 11.3 Å². The van der Waals surface area contributed by atoms with Gasteiger partial charge in [0.25, 0.3) is 0 Å². The van der Waals surface area contributed by atoms with Crippen LogP contribution >= 0.6 is 11.6 Å². The number of aromatic nitrogens is 1. The normalized spacial score (nSPS) is 12.3. The summed E-state index contributed by atoms with van der Waals surface area (Å²) < 4.78 is 11.0. The molecule has 32 heavy (non-hydrogen) atoms. The van der Waals surface area contributed by atoms with Crippen molar-refractivity contribution in [2.24, 2.45) is 0 Å². The molecule has 1 aliphatic rings. The second-order valence-corrected chi connectivity index (χ2v) is 7.57. The van der Waals surface area contributed by atoms with Crippen LogP contribution in [0, 0.1) is 0 Å². The monoisotopic (exact) mass is 443 g/mol. The van der Waals surface area contributed by atoms with E-state index >= 15 is 0 Å². The Kier molecular flexibility index (Phi) is 4.92. The van der Waals surface area contributed by atoms with E-state index in [-0.39, 0.29) is 46.3 Å². The van der Waals surface area contributed by atoms with Gasteiger partial charge in [0.2, 0.25) is 5.89 Å². The number of oxazole rings is 1. The molecule has 0 aliphatic heterocycles. The Morgan fingerprint density at radius 2 is 1.56 bits per heavy atom. The van der Waals surface area contributed by atoms with Crippen LogP contribution in [0.3, 0.4) is 0 Å². The van der Waals surface area contributed by atoms with Gasteiger partial charge < -0.3 is 9.15 Å². The standard InChI is InChI=1S/C25H14ClNO5/c26-15-10-8-14(9-11-15)20-12-27-21(32-20)13-31-25(30)19-7-3-6-18-22(19)24(29)17-5-2-1-4-16(17)23(18)28/h1-12H,13H2. The van der Waals surface area contributed by atoms with Crippen molar-refractivity contribution in [3.05, 3.63) is 112 Å². The van der Waals surface area contributed by atoms with Gasteiger partial charge in [0.05, 0.1) is 11.8 Å². The quantitative estimate of drug-likeness (QED) is 0.358. The highest BCUT2D eigenvalue weighted by molar-refractivity contribution is 6.31. The zero-order chi connectivity index (χ0) is 22.2. The highest BCUT2D eigenvalue weighted by atomic mass is 35.5. The molecule has 7 heteroatoms. The molecular weight excluding hydrogens is 430 g/mol. The van der Waals surface area contributed by atoms with Gasteiger partial charge in [0.1, 0.15) is 0 Å². The van der Waals surface area contributed by atoms with Crippen LogP contribution in [-0.4, -0.2) is 22.5 Å². The molecule has 0 atom stereocenters. The van der Waals surface area contributed by atoms with Crippen LogP contribution in [0.2, 0.25) is 5.02 Å². The van der Waals surface area contributed by atoms with Gasteiger partial charge in [-0.15, -0.1) is 0 Å². The topological polar surface area (TPSA) is 86.5 Å². The zero-order valence-corrected chi connectivity index (χ0v) is 17.3. The molecule has 6 nitrogen and oxygen atoms in total. The lowest BCUT2D eigenvalue weighted by molar-refractivity contribution is 0.0436. The first-order chi connectivity index (χ1) is 15.5. The molecule has 1 aliphatic carbocycles. The maximum atomic E-state index is 13.0. The van der Waals surface area contributed by atoms with Gasteiger partial charge in [0.15, 0.2) is 23.9 Å². The Bertz CT molecular complexity index is 1390. The smallest absolute Gasteiger partial charge is 0.339 e. The number of benzene rings is 3. The summed E-state index contributed by atoms with van der Waals surface area (Å²) in [6.45, 7) is -0.227. The lowest BCUT2D eigenvalue weighted by Gasteiger charge is -2.19. The predicted octanol–water partition coefficient (Wildman–Crippen LogP) is 5.13. The highest BCUT2D eigenvalue weighted by Gasteiger charge is 2.33. The minimum Gasteiger partial charge on any atom is -0.452 e. The van der Waals surface area contributed by atoms with Gasteiger partial charge in [-0.1, -0.05) is 48.0 Å². The number of ketones is 2. The highest BCUT2D eigenvalue weighted by Crippen LogP contribution is 2.30. The first kappa shape index (κ1) is 19.9. The number of rotatable bonds is 4. The molecule has 0 fully saturated rings. The molecule has 3 aromatic carbocycles. The van der Waals surface area contributed by atoms with Gasteiger partial charge in [-0.25, -0.2) is 9.78 Å². The Hall–Kier alpha value is -4.03. The molecule has 0 radical (unpaired) electrons. The third kappa shape index (κ3) is 3.40. The molecule has 0 saturated carbocycles. The number of esters is 1. The van der Waals surface area contributed by atoms with Crippen LogP contribution < -0.4 is 0 Å². The summed E-state index contributed by atoms with van der Waals surface area (Å²) >= 11 is 5.90. The Labute approximate surface area is 187 Å². The summed E-state index contributed by atoms with van der Waals surface area (Å²) in [4.78, 5) is 42.8. The molecule has 0 amide bonds. The molecular formula is C25H14ClNO5. The molecule has 0 N–H and O–H groups in total. The van der Waals surface area contributed by atoms with Gasteiger partial charge in [0, 0.05) is 32.8 Å². The molecule has 1 aromatic heterocycles. The van der Waals surface area contributed by atoms with Crippen molar-refractivity contribution in [1.29, 1.82) is 0 Å². The number of fused-ring (bicyclic) bond motifs is 2. The molecule has 5 rings (SSSR count). The maximum Gasteiger partial charge on any atom is 0.339 e. The minimum atomic E-state index is -0.742. The summed E-state index contributed by atoms with van der Waals surface area (Å²) in [5, 5.41) is 0.601. The van der Waals surface area contributed by atoms with Crippen molar-refractivity contribution in [2.75, 3.05) is 0 Å². The molecule has 0 saturated heterocycles. The van der Waals surface area contributed by atoms with Crippen molar-refractivity contribution < 1.29 is 23.5 Å². The zero-order valence-electron chi connectivity index (χ0n) is 16.5. The van der Waals surface area contributed by atoms with Crippen LogP contribution in [0.25, 0.3) is 11.3 Å². The van der Waals surface area contributed by atoms with E-state index < -0.39 is 5.97 Å². The van der Waals surface area contributed by atoms with Crippen LogP contribution in [0.15, 0.2) is 77.3 Å². The van der Waals surface area contributed by atoms with Crippen molar-refractivity contribution in [3.8, 4) is 11.3 Å². The minimum absolute atomic E-state index is 0.0276. The van der Waals surface area contributed by atoms with E-state index in [1.165, 1.54) is 18.3 Å². The maximum absolute atomic E-state index is 13.0. The summed E-state index contributed by atoms with van der Waals surface area (Å²) in [6.07, 6.45) is 1.52. The third-order valence-corrected chi connectivity index (χ3v) is 5.43. The Morgan fingerprint density at radius 1 is 0.875 bits per heavy atom. The van der Waals surface area contributed by atoms with E-state index in [2.05, 4.69) is 4.98 Å². The summed E-state index contributed by atoms with van der Waals surface area (Å²) in [6, 6.07) is 18.1. The number of halogens is 1. The second kappa shape index (κ2) is 7.90. The van der Waals surface area contributed by atoms with E-state index in [0.717, 1.165) is 5.56 Å². The lowest BCUT2D eigenvalue weighted by atomic mass is 9.82. The van der Waals surface area contributed by atoms with Gasteiger partial charge in [-0.3, -0.25) is 9.59 Å². The van der Waals surface area contributed by atoms with Crippen molar-refractivity contribution in [1.82, 2.24) is 4.98 Å². The largest absolute Gasteiger partial charge is 0.452 e. The Balaban J connectivity index is 1.38. The third-order valence-electron chi connectivity index (χ3n) is 5.18.